The van der Waals surface area contributed by atoms with Crippen molar-refractivity contribution in [2.24, 2.45) is 0 Å². The predicted octanol–water partition coefficient (Wildman–Crippen LogP) is 3.29. The SMILES string of the molecule is N#C/C(=C\c1cc([N+](=O)[O-])ccc1O)S(=O)(=O)c1ccc(Cl)cc1. The molecule has 0 radical (unpaired) electrons. The molecule has 1 N–H and O–H groups in total. The van der Waals surface area contributed by atoms with Gasteiger partial charge in [0.15, 0.2) is 0 Å². The number of hydrogen-bond donors (Lipinski definition) is 1. The molecule has 122 valence electrons. The van der Waals surface area contributed by atoms with E-state index in [1.165, 1.54) is 30.3 Å². The van der Waals surface area contributed by atoms with Crippen molar-refractivity contribution in [2.75, 3.05) is 0 Å². The Hall–Kier alpha value is -2.89. The number of nitro benzene ring substituents is 1. The van der Waals surface area contributed by atoms with Gasteiger partial charge in [-0.3, -0.25) is 10.1 Å². The van der Waals surface area contributed by atoms with Crippen molar-refractivity contribution in [1.82, 2.24) is 0 Å². The Balaban J connectivity index is 2.58. The van der Waals surface area contributed by atoms with Crippen molar-refractivity contribution in [3.8, 4) is 11.8 Å². The number of phenols is 1. The van der Waals surface area contributed by atoms with Gasteiger partial charge in [-0.25, -0.2) is 8.42 Å². The standard InChI is InChI=1S/C15H9ClN2O5S/c16-11-1-4-13(5-2-11)24(22,23)14(9-17)8-10-7-12(18(20)21)3-6-15(10)19/h1-8,19H/b14-8+. The molecule has 0 bridgehead atoms. The average Bonchev–Trinajstić information content (AvgIpc) is 2.54. The van der Waals surface area contributed by atoms with Gasteiger partial charge in [0.2, 0.25) is 9.84 Å². The van der Waals surface area contributed by atoms with E-state index in [1.807, 2.05) is 0 Å². The second-order valence-electron chi connectivity index (χ2n) is 4.58. The van der Waals surface area contributed by atoms with E-state index in [1.54, 1.807) is 0 Å². The number of non-ortho nitro benzene ring substituents is 1. The molecule has 0 aromatic heterocycles. The first-order valence-corrected chi connectivity index (χ1v) is 8.21. The maximum absolute atomic E-state index is 12.5. The van der Waals surface area contributed by atoms with Gasteiger partial charge in [-0.15, -0.1) is 0 Å². The molecule has 2 rings (SSSR count). The Kier molecular flexibility index (Phi) is 4.87. The van der Waals surface area contributed by atoms with Crippen LogP contribution in [0.1, 0.15) is 5.56 Å². The molecule has 0 aliphatic rings. The summed E-state index contributed by atoms with van der Waals surface area (Å²) in [6.45, 7) is 0. The number of allylic oxidation sites excluding steroid dienone is 1. The summed E-state index contributed by atoms with van der Waals surface area (Å²) < 4.78 is 24.9. The largest absolute Gasteiger partial charge is 0.507 e. The minimum atomic E-state index is -4.16. The third-order valence-corrected chi connectivity index (χ3v) is 4.97. The quantitative estimate of drug-likeness (QED) is 0.504. The summed E-state index contributed by atoms with van der Waals surface area (Å²) in [7, 11) is -4.16. The lowest BCUT2D eigenvalue weighted by Crippen LogP contribution is -2.03. The molecule has 0 atom stereocenters. The monoisotopic (exact) mass is 364 g/mol. The van der Waals surface area contributed by atoms with Crippen LogP contribution < -0.4 is 0 Å². The Morgan fingerprint density at radius 2 is 1.88 bits per heavy atom. The van der Waals surface area contributed by atoms with Crippen LogP contribution in [0.25, 0.3) is 6.08 Å². The minimum absolute atomic E-state index is 0.154. The number of nitro groups is 1. The van der Waals surface area contributed by atoms with Crippen molar-refractivity contribution in [3.05, 3.63) is 68.1 Å². The van der Waals surface area contributed by atoms with E-state index < -0.39 is 19.7 Å². The molecule has 9 heteroatoms. The van der Waals surface area contributed by atoms with Gasteiger partial charge in [0.1, 0.15) is 16.7 Å². The summed E-state index contributed by atoms with van der Waals surface area (Å²) in [5.74, 6) is -0.389. The van der Waals surface area contributed by atoms with Gasteiger partial charge in [0.05, 0.1) is 9.82 Å². The molecule has 0 heterocycles. The summed E-state index contributed by atoms with van der Waals surface area (Å²) in [6.07, 6.45) is 0.881. The number of nitrogens with zero attached hydrogens (tertiary/aromatic N) is 2. The van der Waals surface area contributed by atoms with Gasteiger partial charge in [0, 0.05) is 22.7 Å². The van der Waals surface area contributed by atoms with Crippen molar-refractivity contribution in [1.29, 1.82) is 5.26 Å². The summed E-state index contributed by atoms with van der Waals surface area (Å²) in [4.78, 5) is 9.25. The highest BCUT2D eigenvalue weighted by atomic mass is 35.5. The smallest absolute Gasteiger partial charge is 0.270 e. The highest BCUT2D eigenvalue weighted by molar-refractivity contribution is 7.95. The van der Waals surface area contributed by atoms with Crippen molar-refractivity contribution in [3.63, 3.8) is 0 Å². The molecule has 2 aromatic carbocycles. The van der Waals surface area contributed by atoms with E-state index in [-0.39, 0.29) is 21.9 Å². The van der Waals surface area contributed by atoms with Gasteiger partial charge in [-0.05, 0) is 36.4 Å². The Morgan fingerprint density at radius 1 is 1.25 bits per heavy atom. The minimum Gasteiger partial charge on any atom is -0.507 e. The molecule has 0 unspecified atom stereocenters. The summed E-state index contributed by atoms with van der Waals surface area (Å²) >= 11 is 5.70. The number of phenolic OH excluding ortho intramolecular Hbond substituents is 1. The zero-order chi connectivity index (χ0) is 17.9. The van der Waals surface area contributed by atoms with Crippen LogP contribution in [-0.2, 0) is 9.84 Å². The van der Waals surface area contributed by atoms with E-state index in [9.17, 15) is 23.6 Å². The molecule has 7 nitrogen and oxygen atoms in total. The van der Waals surface area contributed by atoms with Crippen molar-refractivity contribution >= 4 is 33.2 Å². The van der Waals surface area contributed by atoms with Crippen LogP contribution in [0.4, 0.5) is 5.69 Å². The van der Waals surface area contributed by atoms with Crippen LogP contribution in [0.15, 0.2) is 52.3 Å². The maximum atomic E-state index is 12.5. The molecule has 0 amide bonds. The molecule has 24 heavy (non-hydrogen) atoms. The maximum Gasteiger partial charge on any atom is 0.270 e. The molecule has 0 aliphatic heterocycles. The first kappa shape index (κ1) is 17.5. The fourth-order valence-electron chi connectivity index (χ4n) is 1.82. The molecule has 0 saturated heterocycles. The van der Waals surface area contributed by atoms with Gasteiger partial charge in [-0.1, -0.05) is 11.6 Å². The number of hydrogen-bond acceptors (Lipinski definition) is 6. The van der Waals surface area contributed by atoms with Gasteiger partial charge < -0.3 is 5.11 Å². The van der Waals surface area contributed by atoms with Gasteiger partial charge in [0.25, 0.3) is 5.69 Å². The lowest BCUT2D eigenvalue weighted by molar-refractivity contribution is -0.384. The molecule has 2 aromatic rings. The fourth-order valence-corrected chi connectivity index (χ4v) is 3.10. The summed E-state index contributed by atoms with van der Waals surface area (Å²) in [6, 6.07) is 9.80. The van der Waals surface area contributed by atoms with E-state index in [0.29, 0.717) is 5.02 Å². The first-order valence-electron chi connectivity index (χ1n) is 6.35. The fraction of sp³-hybridized carbons (Fsp3) is 0. The van der Waals surface area contributed by atoms with Crippen LogP contribution in [0, 0.1) is 21.4 Å². The number of halogens is 1. The second kappa shape index (κ2) is 6.70. The van der Waals surface area contributed by atoms with E-state index >= 15 is 0 Å². The lowest BCUT2D eigenvalue weighted by Gasteiger charge is -2.04. The Labute approximate surface area is 142 Å². The molecular weight excluding hydrogens is 356 g/mol. The summed E-state index contributed by atoms with van der Waals surface area (Å²) in [5, 5.41) is 30.0. The lowest BCUT2D eigenvalue weighted by atomic mass is 10.1. The number of benzene rings is 2. The van der Waals surface area contributed by atoms with Gasteiger partial charge >= 0.3 is 0 Å². The van der Waals surface area contributed by atoms with Crippen LogP contribution in [0.3, 0.4) is 0 Å². The molecule has 0 spiro atoms. The zero-order valence-electron chi connectivity index (χ0n) is 11.9. The van der Waals surface area contributed by atoms with Crippen LogP contribution >= 0.6 is 11.6 Å². The zero-order valence-corrected chi connectivity index (χ0v) is 13.5. The highest BCUT2D eigenvalue weighted by Gasteiger charge is 2.22. The van der Waals surface area contributed by atoms with Gasteiger partial charge in [-0.2, -0.15) is 5.26 Å². The highest BCUT2D eigenvalue weighted by Crippen LogP contribution is 2.28. The normalized spacial score (nSPS) is 11.8. The molecule has 0 aliphatic carbocycles. The topological polar surface area (TPSA) is 121 Å². The first-order chi connectivity index (χ1) is 11.3. The third-order valence-electron chi connectivity index (χ3n) is 3.03. The number of nitriles is 1. The third kappa shape index (κ3) is 3.53. The molecular formula is C15H9ClN2O5S. The van der Waals surface area contributed by atoms with E-state index in [4.69, 9.17) is 16.9 Å². The Bertz CT molecular complexity index is 976. The summed E-state index contributed by atoms with van der Waals surface area (Å²) in [5.41, 5.74) is -0.501. The predicted molar refractivity (Wildman–Crippen MR) is 87.0 cm³/mol. The average molecular weight is 365 g/mol. The van der Waals surface area contributed by atoms with E-state index in [0.717, 1.165) is 24.3 Å². The van der Waals surface area contributed by atoms with Crippen LogP contribution in [-0.4, -0.2) is 18.4 Å². The Morgan fingerprint density at radius 3 is 2.42 bits per heavy atom. The van der Waals surface area contributed by atoms with Crippen molar-refractivity contribution < 1.29 is 18.4 Å². The molecule has 0 fully saturated rings. The van der Waals surface area contributed by atoms with Crippen LogP contribution in [0.5, 0.6) is 5.75 Å². The van der Waals surface area contributed by atoms with Crippen LogP contribution in [0.2, 0.25) is 5.02 Å². The number of rotatable bonds is 4. The molecule has 0 saturated carbocycles. The van der Waals surface area contributed by atoms with Crippen molar-refractivity contribution in [2.45, 2.75) is 4.90 Å². The number of sulfone groups is 1. The number of aromatic hydroxyl groups is 1. The van der Waals surface area contributed by atoms with E-state index in [2.05, 4.69) is 0 Å². The second-order valence-corrected chi connectivity index (χ2v) is 6.93.